The molecule has 0 unspecified atom stereocenters. The van der Waals surface area contributed by atoms with Gasteiger partial charge in [0.05, 0.1) is 0 Å². The first-order valence-electron chi connectivity index (χ1n) is 5.23. The molecule has 0 fully saturated rings. The van der Waals surface area contributed by atoms with E-state index < -0.39 is 5.82 Å². The second kappa shape index (κ2) is 5.71. The molecule has 5 heteroatoms. The molecule has 0 aliphatic carbocycles. The Balaban J connectivity index is 2.14. The molecule has 2 N–H and O–H groups in total. The van der Waals surface area contributed by atoms with E-state index in [2.05, 4.69) is 37.2 Å². The molecular formula is C13H10Br2FNO. The highest BCUT2D eigenvalue weighted by Crippen LogP contribution is 2.28. The number of aromatic hydroxyl groups is 1. The summed E-state index contributed by atoms with van der Waals surface area (Å²) >= 11 is 6.79. The summed E-state index contributed by atoms with van der Waals surface area (Å²) in [5.74, 6) is -0.914. The summed E-state index contributed by atoms with van der Waals surface area (Å²) in [4.78, 5) is 0. The first kappa shape index (κ1) is 13.4. The molecule has 0 atom stereocenters. The average Bonchev–Trinajstić information content (AvgIpc) is 2.33. The summed E-state index contributed by atoms with van der Waals surface area (Å²) in [7, 11) is 0. The molecule has 0 aliphatic heterocycles. The third kappa shape index (κ3) is 3.03. The molecule has 0 amide bonds. The maximum absolute atomic E-state index is 13.1. The van der Waals surface area contributed by atoms with E-state index in [0.29, 0.717) is 12.1 Å². The van der Waals surface area contributed by atoms with Crippen molar-refractivity contribution in [1.82, 2.24) is 0 Å². The lowest BCUT2D eigenvalue weighted by Crippen LogP contribution is -2.01. The van der Waals surface area contributed by atoms with Crippen LogP contribution in [0.25, 0.3) is 0 Å². The van der Waals surface area contributed by atoms with Crippen LogP contribution < -0.4 is 5.32 Å². The van der Waals surface area contributed by atoms with Gasteiger partial charge in [0.1, 0.15) is 0 Å². The number of rotatable bonds is 3. The number of halogens is 3. The van der Waals surface area contributed by atoms with Crippen molar-refractivity contribution >= 4 is 37.5 Å². The van der Waals surface area contributed by atoms with Gasteiger partial charge < -0.3 is 10.4 Å². The van der Waals surface area contributed by atoms with Crippen LogP contribution in [-0.2, 0) is 6.54 Å². The van der Waals surface area contributed by atoms with Crippen LogP contribution in [0.3, 0.4) is 0 Å². The molecule has 0 aromatic heterocycles. The molecule has 18 heavy (non-hydrogen) atoms. The second-order valence-corrected chi connectivity index (χ2v) is 5.50. The van der Waals surface area contributed by atoms with Crippen molar-refractivity contribution < 1.29 is 9.50 Å². The Morgan fingerprint density at radius 1 is 1.17 bits per heavy atom. The lowest BCUT2D eigenvalue weighted by Gasteiger charge is -2.10. The van der Waals surface area contributed by atoms with Crippen LogP contribution in [0, 0.1) is 5.82 Å². The highest BCUT2D eigenvalue weighted by molar-refractivity contribution is 9.11. The molecule has 0 heterocycles. The summed E-state index contributed by atoms with van der Waals surface area (Å²) in [5, 5.41) is 12.7. The van der Waals surface area contributed by atoms with Crippen LogP contribution >= 0.6 is 31.9 Å². The molecule has 94 valence electrons. The molecule has 0 bridgehead atoms. The van der Waals surface area contributed by atoms with Crippen LogP contribution in [0.15, 0.2) is 45.3 Å². The van der Waals surface area contributed by atoms with E-state index >= 15 is 0 Å². The minimum absolute atomic E-state index is 0.307. The largest absolute Gasteiger partial charge is 0.505 e. The van der Waals surface area contributed by atoms with Crippen molar-refractivity contribution in [2.75, 3.05) is 5.32 Å². The first-order valence-corrected chi connectivity index (χ1v) is 6.82. The van der Waals surface area contributed by atoms with Crippen LogP contribution in [0.2, 0.25) is 0 Å². The Hall–Kier alpha value is -1.07. The van der Waals surface area contributed by atoms with Gasteiger partial charge in [-0.05, 0) is 40.2 Å². The highest BCUT2D eigenvalue weighted by atomic mass is 79.9. The minimum atomic E-state index is -0.607. The van der Waals surface area contributed by atoms with Gasteiger partial charge in [-0.15, -0.1) is 0 Å². The minimum Gasteiger partial charge on any atom is -0.505 e. The monoisotopic (exact) mass is 373 g/mol. The quantitative estimate of drug-likeness (QED) is 0.818. The van der Waals surface area contributed by atoms with Gasteiger partial charge in [0.25, 0.3) is 0 Å². The number of phenolic OH excluding ortho intramolecular Hbond substituents is 1. The number of hydrogen-bond acceptors (Lipinski definition) is 2. The standard InChI is InChI=1S/C13H10Br2FNO/c14-9-4-5-12(10(15)6-9)17-7-8-2-1-3-11(16)13(8)18/h1-6,17-18H,7H2. The number of nitrogens with one attached hydrogen (secondary N) is 1. The molecule has 2 aromatic carbocycles. The predicted octanol–water partition coefficient (Wildman–Crippen LogP) is 4.67. The number of phenols is 1. The van der Waals surface area contributed by atoms with Gasteiger partial charge in [-0.3, -0.25) is 0 Å². The van der Waals surface area contributed by atoms with E-state index in [0.717, 1.165) is 14.6 Å². The van der Waals surface area contributed by atoms with Crippen LogP contribution in [0.4, 0.5) is 10.1 Å². The summed E-state index contributed by atoms with van der Waals surface area (Å²) in [6.45, 7) is 0.351. The zero-order valence-electron chi connectivity index (χ0n) is 9.25. The average molecular weight is 375 g/mol. The molecule has 0 radical (unpaired) electrons. The van der Waals surface area contributed by atoms with Gasteiger partial charge in [0.2, 0.25) is 0 Å². The fourth-order valence-electron chi connectivity index (χ4n) is 1.53. The normalized spacial score (nSPS) is 10.4. The van der Waals surface area contributed by atoms with Crippen molar-refractivity contribution in [3.05, 3.63) is 56.7 Å². The number of para-hydroxylation sites is 1. The first-order chi connectivity index (χ1) is 8.58. The van der Waals surface area contributed by atoms with Crippen molar-refractivity contribution in [2.45, 2.75) is 6.54 Å². The summed E-state index contributed by atoms with van der Waals surface area (Å²) in [6, 6.07) is 10.2. The Kier molecular flexibility index (Phi) is 4.24. The molecule has 2 aromatic rings. The predicted molar refractivity (Wildman–Crippen MR) is 77.2 cm³/mol. The third-order valence-corrected chi connectivity index (χ3v) is 3.62. The lowest BCUT2D eigenvalue weighted by atomic mass is 10.2. The summed E-state index contributed by atoms with van der Waals surface area (Å²) in [5.41, 5.74) is 1.40. The molecule has 0 aliphatic rings. The molecule has 0 spiro atoms. The fourth-order valence-corrected chi connectivity index (χ4v) is 2.71. The van der Waals surface area contributed by atoms with Crippen molar-refractivity contribution in [1.29, 1.82) is 0 Å². The Morgan fingerprint density at radius 2 is 1.94 bits per heavy atom. The van der Waals surface area contributed by atoms with Crippen LogP contribution in [0.5, 0.6) is 5.75 Å². The Labute approximate surface area is 121 Å². The molecule has 0 saturated carbocycles. The topological polar surface area (TPSA) is 32.3 Å². The highest BCUT2D eigenvalue weighted by Gasteiger charge is 2.07. The van der Waals surface area contributed by atoms with E-state index in [1.165, 1.54) is 6.07 Å². The summed E-state index contributed by atoms with van der Waals surface area (Å²) in [6.07, 6.45) is 0. The fraction of sp³-hybridized carbons (Fsp3) is 0.0769. The van der Waals surface area contributed by atoms with Crippen molar-refractivity contribution in [3.63, 3.8) is 0 Å². The Bertz CT molecular complexity index is 575. The second-order valence-electron chi connectivity index (χ2n) is 3.73. The zero-order valence-corrected chi connectivity index (χ0v) is 12.4. The lowest BCUT2D eigenvalue weighted by molar-refractivity contribution is 0.427. The van der Waals surface area contributed by atoms with Crippen LogP contribution in [0.1, 0.15) is 5.56 Å². The maximum atomic E-state index is 13.1. The van der Waals surface area contributed by atoms with Gasteiger partial charge in [-0.1, -0.05) is 28.1 Å². The van der Waals surface area contributed by atoms with E-state index in [1.807, 2.05) is 18.2 Å². The van der Waals surface area contributed by atoms with Crippen molar-refractivity contribution in [3.8, 4) is 5.75 Å². The smallest absolute Gasteiger partial charge is 0.165 e. The van der Waals surface area contributed by atoms with Gasteiger partial charge in [0.15, 0.2) is 11.6 Å². The van der Waals surface area contributed by atoms with E-state index in [4.69, 9.17) is 0 Å². The van der Waals surface area contributed by atoms with Gasteiger partial charge >= 0.3 is 0 Å². The maximum Gasteiger partial charge on any atom is 0.165 e. The van der Waals surface area contributed by atoms with E-state index in [-0.39, 0.29) is 5.75 Å². The van der Waals surface area contributed by atoms with Crippen LogP contribution in [-0.4, -0.2) is 5.11 Å². The number of hydrogen-bond donors (Lipinski definition) is 2. The third-order valence-electron chi connectivity index (χ3n) is 2.47. The van der Waals surface area contributed by atoms with Gasteiger partial charge in [-0.2, -0.15) is 0 Å². The zero-order chi connectivity index (χ0) is 13.1. The van der Waals surface area contributed by atoms with Gasteiger partial charge in [0, 0.05) is 26.7 Å². The van der Waals surface area contributed by atoms with Gasteiger partial charge in [-0.25, -0.2) is 4.39 Å². The Morgan fingerprint density at radius 3 is 2.67 bits per heavy atom. The van der Waals surface area contributed by atoms with E-state index in [1.54, 1.807) is 12.1 Å². The van der Waals surface area contributed by atoms with E-state index in [9.17, 15) is 9.50 Å². The molecule has 2 nitrogen and oxygen atoms in total. The van der Waals surface area contributed by atoms with Crippen molar-refractivity contribution in [2.24, 2.45) is 0 Å². The SMILES string of the molecule is Oc1c(F)cccc1CNc1ccc(Br)cc1Br. The molecule has 2 rings (SSSR count). The molecule has 0 saturated heterocycles. The summed E-state index contributed by atoms with van der Waals surface area (Å²) < 4.78 is 15.0. The number of anilines is 1. The molecular weight excluding hydrogens is 365 g/mol. The number of benzene rings is 2.